The summed E-state index contributed by atoms with van der Waals surface area (Å²) in [5.74, 6) is -0.423. The molecule has 0 spiro atoms. The quantitative estimate of drug-likeness (QED) is 0.864. The van der Waals surface area contributed by atoms with Crippen LogP contribution >= 0.6 is 0 Å². The lowest BCUT2D eigenvalue weighted by atomic mass is 9.80. The summed E-state index contributed by atoms with van der Waals surface area (Å²) >= 11 is 0. The summed E-state index contributed by atoms with van der Waals surface area (Å²) in [5, 5.41) is 18.4. The minimum absolute atomic E-state index is 0.154. The molecule has 1 atom stereocenters. The number of fused-ring (bicyclic) bond motifs is 1. The Kier molecular flexibility index (Phi) is 3.09. The molecule has 0 saturated heterocycles. The van der Waals surface area contributed by atoms with E-state index in [2.05, 4.69) is 4.98 Å². The fourth-order valence-electron chi connectivity index (χ4n) is 1.98. The van der Waals surface area contributed by atoms with Crippen LogP contribution in [0.1, 0.15) is 24.8 Å². The van der Waals surface area contributed by atoms with Crippen LogP contribution in [0.4, 0.5) is 0 Å². The second kappa shape index (κ2) is 4.42. The third kappa shape index (κ3) is 1.97. The molecule has 5 nitrogen and oxygen atoms in total. The maximum atomic E-state index is 11.4. The molecule has 1 aromatic carbocycles. The van der Waals surface area contributed by atoms with E-state index in [4.69, 9.17) is 9.52 Å². The van der Waals surface area contributed by atoms with Gasteiger partial charge in [0.05, 0.1) is 5.41 Å². The Bertz CT molecular complexity index is 590. The zero-order valence-corrected chi connectivity index (χ0v) is 10.3. The molecule has 2 N–H and O–H groups in total. The minimum atomic E-state index is -1.12. The first-order valence-corrected chi connectivity index (χ1v) is 5.69. The van der Waals surface area contributed by atoms with Gasteiger partial charge >= 0.3 is 5.97 Å². The second-order valence-corrected chi connectivity index (χ2v) is 4.53. The van der Waals surface area contributed by atoms with Crippen LogP contribution in [0.3, 0.4) is 0 Å². The molecule has 0 aliphatic carbocycles. The Morgan fingerprint density at radius 3 is 2.83 bits per heavy atom. The maximum Gasteiger partial charge on any atom is 0.313 e. The predicted octanol–water partition coefficient (Wildman–Crippen LogP) is 1.86. The topological polar surface area (TPSA) is 83.6 Å². The SMILES string of the molecule is Cc1nc2ccc(C(C)(CCO)C(=O)O)cc2o1. The van der Waals surface area contributed by atoms with Gasteiger partial charge in [0.15, 0.2) is 11.5 Å². The monoisotopic (exact) mass is 249 g/mol. The highest BCUT2D eigenvalue weighted by Gasteiger charge is 2.35. The number of aliphatic hydroxyl groups is 1. The fourth-order valence-corrected chi connectivity index (χ4v) is 1.98. The molecule has 5 heteroatoms. The Labute approximate surface area is 104 Å². The first-order chi connectivity index (χ1) is 8.47. The van der Waals surface area contributed by atoms with Crippen molar-refractivity contribution in [2.24, 2.45) is 0 Å². The van der Waals surface area contributed by atoms with Gasteiger partial charge in [-0.15, -0.1) is 0 Å². The smallest absolute Gasteiger partial charge is 0.313 e. The van der Waals surface area contributed by atoms with Gasteiger partial charge in [-0.1, -0.05) is 6.07 Å². The number of aromatic nitrogens is 1. The summed E-state index contributed by atoms with van der Waals surface area (Å²) in [5.41, 5.74) is 0.750. The summed E-state index contributed by atoms with van der Waals surface area (Å²) in [6.07, 6.45) is 0.154. The van der Waals surface area contributed by atoms with Gasteiger partial charge in [-0.3, -0.25) is 4.79 Å². The van der Waals surface area contributed by atoms with Crippen molar-refractivity contribution < 1.29 is 19.4 Å². The van der Waals surface area contributed by atoms with Gasteiger partial charge in [0.25, 0.3) is 0 Å². The third-order valence-electron chi connectivity index (χ3n) is 3.22. The molecule has 0 radical (unpaired) electrons. The summed E-state index contributed by atoms with van der Waals surface area (Å²) < 4.78 is 5.40. The normalized spacial score (nSPS) is 14.6. The van der Waals surface area contributed by atoms with Crippen molar-refractivity contribution in [3.63, 3.8) is 0 Å². The van der Waals surface area contributed by atoms with Crippen LogP contribution in [0.2, 0.25) is 0 Å². The molecule has 0 saturated carbocycles. The molecule has 18 heavy (non-hydrogen) atoms. The van der Waals surface area contributed by atoms with E-state index in [1.165, 1.54) is 0 Å². The zero-order valence-electron chi connectivity index (χ0n) is 10.3. The lowest BCUT2D eigenvalue weighted by molar-refractivity contribution is -0.143. The van der Waals surface area contributed by atoms with Gasteiger partial charge in [-0.05, 0) is 31.0 Å². The number of hydrogen-bond donors (Lipinski definition) is 2. The molecule has 96 valence electrons. The fraction of sp³-hybridized carbons (Fsp3) is 0.385. The minimum Gasteiger partial charge on any atom is -0.481 e. The Morgan fingerprint density at radius 2 is 2.22 bits per heavy atom. The van der Waals surface area contributed by atoms with E-state index in [9.17, 15) is 9.90 Å². The summed E-state index contributed by atoms with van der Waals surface area (Å²) in [7, 11) is 0. The Hall–Kier alpha value is -1.88. The van der Waals surface area contributed by atoms with Crippen molar-refractivity contribution >= 4 is 17.1 Å². The van der Waals surface area contributed by atoms with Crippen molar-refractivity contribution in [3.8, 4) is 0 Å². The molecule has 0 aliphatic rings. The van der Waals surface area contributed by atoms with Crippen LogP contribution < -0.4 is 0 Å². The molecule has 0 bridgehead atoms. The standard InChI is InChI=1S/C13H15NO4/c1-8-14-10-4-3-9(7-11(10)18-8)13(2,5-6-15)12(16)17/h3-4,7,15H,5-6H2,1-2H3,(H,16,17). The van der Waals surface area contributed by atoms with E-state index < -0.39 is 11.4 Å². The van der Waals surface area contributed by atoms with Crippen molar-refractivity contribution in [1.82, 2.24) is 4.98 Å². The first kappa shape index (κ1) is 12.6. The number of nitrogens with zero attached hydrogens (tertiary/aromatic N) is 1. The lowest BCUT2D eigenvalue weighted by Gasteiger charge is -2.24. The largest absolute Gasteiger partial charge is 0.481 e. The van der Waals surface area contributed by atoms with Crippen LogP contribution in [-0.2, 0) is 10.2 Å². The molecule has 1 unspecified atom stereocenters. The lowest BCUT2D eigenvalue weighted by Crippen LogP contribution is -2.33. The van der Waals surface area contributed by atoms with Crippen molar-refractivity contribution in [2.45, 2.75) is 25.7 Å². The van der Waals surface area contributed by atoms with Gasteiger partial charge in [0.1, 0.15) is 5.52 Å². The van der Waals surface area contributed by atoms with Gasteiger partial charge in [-0.2, -0.15) is 0 Å². The summed E-state index contributed by atoms with van der Waals surface area (Å²) in [6.45, 7) is 3.15. The number of aliphatic hydroxyl groups excluding tert-OH is 1. The number of hydrogen-bond acceptors (Lipinski definition) is 4. The van der Waals surface area contributed by atoms with Gasteiger partial charge in [0.2, 0.25) is 0 Å². The van der Waals surface area contributed by atoms with E-state index in [-0.39, 0.29) is 13.0 Å². The average Bonchev–Trinajstić information content (AvgIpc) is 2.67. The van der Waals surface area contributed by atoms with Crippen molar-refractivity contribution in [1.29, 1.82) is 0 Å². The van der Waals surface area contributed by atoms with Crippen LogP contribution in [0, 0.1) is 6.92 Å². The van der Waals surface area contributed by atoms with E-state index in [1.807, 2.05) is 0 Å². The van der Waals surface area contributed by atoms with Crippen LogP contribution in [0.5, 0.6) is 0 Å². The van der Waals surface area contributed by atoms with Crippen LogP contribution in [0.25, 0.3) is 11.1 Å². The maximum absolute atomic E-state index is 11.4. The number of carbonyl (C=O) groups is 1. The third-order valence-corrected chi connectivity index (χ3v) is 3.22. The number of carboxylic acid groups (broad SMARTS) is 1. The number of aryl methyl sites for hydroxylation is 1. The van der Waals surface area contributed by atoms with E-state index in [1.54, 1.807) is 32.0 Å². The predicted molar refractivity (Wildman–Crippen MR) is 65.4 cm³/mol. The van der Waals surface area contributed by atoms with E-state index >= 15 is 0 Å². The number of oxazole rings is 1. The van der Waals surface area contributed by atoms with Gasteiger partial charge in [0, 0.05) is 13.5 Å². The number of carboxylic acids is 1. The molecular weight excluding hydrogens is 234 g/mol. The molecule has 2 rings (SSSR count). The molecule has 0 amide bonds. The highest BCUT2D eigenvalue weighted by atomic mass is 16.4. The van der Waals surface area contributed by atoms with Gasteiger partial charge < -0.3 is 14.6 Å². The van der Waals surface area contributed by atoms with Crippen molar-refractivity contribution in [2.75, 3.05) is 6.61 Å². The number of rotatable bonds is 4. The van der Waals surface area contributed by atoms with Crippen molar-refractivity contribution in [3.05, 3.63) is 29.7 Å². The molecular formula is C13H15NO4. The summed E-state index contributed by atoms with van der Waals surface area (Å²) in [4.78, 5) is 15.6. The Morgan fingerprint density at radius 1 is 1.50 bits per heavy atom. The molecule has 1 heterocycles. The molecule has 0 aliphatic heterocycles. The summed E-state index contributed by atoms with van der Waals surface area (Å²) in [6, 6.07) is 5.13. The number of aliphatic carboxylic acids is 1. The highest BCUT2D eigenvalue weighted by molar-refractivity contribution is 5.83. The average molecular weight is 249 g/mol. The number of benzene rings is 1. The second-order valence-electron chi connectivity index (χ2n) is 4.53. The molecule has 0 fully saturated rings. The van der Waals surface area contributed by atoms with E-state index in [0.717, 1.165) is 0 Å². The highest BCUT2D eigenvalue weighted by Crippen LogP contribution is 2.30. The van der Waals surface area contributed by atoms with Crippen LogP contribution in [0.15, 0.2) is 22.6 Å². The Balaban J connectivity index is 2.54. The molecule has 1 aromatic heterocycles. The first-order valence-electron chi connectivity index (χ1n) is 5.69. The van der Waals surface area contributed by atoms with Crippen LogP contribution in [-0.4, -0.2) is 27.8 Å². The van der Waals surface area contributed by atoms with Gasteiger partial charge in [-0.25, -0.2) is 4.98 Å². The van der Waals surface area contributed by atoms with E-state index in [0.29, 0.717) is 22.6 Å². The zero-order chi connectivity index (χ0) is 13.3. The molecule has 2 aromatic rings.